The van der Waals surface area contributed by atoms with E-state index in [1.165, 1.54) is 36.5 Å². The number of carbonyl (C=O) groups excluding carboxylic acids is 1. The van der Waals surface area contributed by atoms with Gasteiger partial charge in [-0.1, -0.05) is 0 Å². The molecule has 2 aromatic heterocycles. The molecular formula is C23H22F3N5O. The first kappa shape index (κ1) is 21.7. The fraction of sp³-hybridized carbons (Fsp3) is 0.304. The predicted molar refractivity (Wildman–Crippen MR) is 114 cm³/mol. The Morgan fingerprint density at radius 2 is 1.94 bits per heavy atom. The van der Waals surface area contributed by atoms with Crippen LogP contribution in [0.4, 0.5) is 19.0 Å². The van der Waals surface area contributed by atoms with E-state index in [9.17, 15) is 18.0 Å². The fourth-order valence-electron chi connectivity index (χ4n) is 3.94. The fourth-order valence-corrected chi connectivity index (χ4v) is 3.94. The Labute approximate surface area is 183 Å². The predicted octanol–water partition coefficient (Wildman–Crippen LogP) is 4.05. The minimum atomic E-state index is -1.01. The number of halogens is 3. The third-order valence-corrected chi connectivity index (χ3v) is 5.60. The maximum absolute atomic E-state index is 14.3. The molecule has 0 unspecified atom stereocenters. The van der Waals surface area contributed by atoms with Crippen molar-refractivity contribution in [1.82, 2.24) is 20.5 Å². The van der Waals surface area contributed by atoms with Gasteiger partial charge in [0, 0.05) is 35.8 Å². The van der Waals surface area contributed by atoms with Crippen molar-refractivity contribution in [3.8, 4) is 11.3 Å². The van der Waals surface area contributed by atoms with Crippen LogP contribution in [0.1, 0.15) is 35.8 Å². The van der Waals surface area contributed by atoms with Gasteiger partial charge in [-0.15, -0.1) is 10.2 Å². The molecule has 1 saturated carbocycles. The van der Waals surface area contributed by atoms with Crippen molar-refractivity contribution in [2.24, 2.45) is 0 Å². The topological polar surface area (TPSA) is 79.8 Å². The van der Waals surface area contributed by atoms with Crippen molar-refractivity contribution in [2.45, 2.75) is 31.4 Å². The number of rotatable bonds is 7. The average Bonchev–Trinajstić information content (AvgIpc) is 2.77. The number of amides is 1. The second-order valence-electron chi connectivity index (χ2n) is 7.83. The minimum absolute atomic E-state index is 0.152. The van der Waals surface area contributed by atoms with E-state index in [-0.39, 0.29) is 42.2 Å². The first-order valence-corrected chi connectivity index (χ1v) is 10.3. The number of hydrogen-bond acceptors (Lipinski definition) is 5. The lowest BCUT2D eigenvalue weighted by Gasteiger charge is -2.44. The summed E-state index contributed by atoms with van der Waals surface area (Å²) in [4.78, 5) is 16.2. The van der Waals surface area contributed by atoms with E-state index >= 15 is 0 Å². The molecule has 1 amide bonds. The van der Waals surface area contributed by atoms with Crippen LogP contribution in [0.5, 0.6) is 0 Å². The molecule has 3 aromatic rings. The van der Waals surface area contributed by atoms with Gasteiger partial charge in [0.2, 0.25) is 0 Å². The molecule has 1 aliphatic rings. The van der Waals surface area contributed by atoms with Gasteiger partial charge in [-0.05, 0) is 62.2 Å². The molecule has 1 aromatic carbocycles. The van der Waals surface area contributed by atoms with Crippen LogP contribution in [-0.4, -0.2) is 40.3 Å². The SMILES string of the molecule is CCNC(=O)c1ccc(F)c(-c2ccc(NCC3(c4ncccc4F)CC(F)C3)nn2)c1. The molecule has 1 aliphatic carbocycles. The van der Waals surface area contributed by atoms with Crippen molar-refractivity contribution >= 4 is 11.7 Å². The summed E-state index contributed by atoms with van der Waals surface area (Å²) in [5, 5.41) is 13.9. The van der Waals surface area contributed by atoms with Gasteiger partial charge in [0.1, 0.15) is 23.6 Å². The summed E-state index contributed by atoms with van der Waals surface area (Å²) in [6.45, 7) is 2.48. The molecule has 32 heavy (non-hydrogen) atoms. The van der Waals surface area contributed by atoms with Gasteiger partial charge in [-0.2, -0.15) is 0 Å². The van der Waals surface area contributed by atoms with Crippen LogP contribution in [0.2, 0.25) is 0 Å². The monoisotopic (exact) mass is 441 g/mol. The molecule has 1 fully saturated rings. The van der Waals surface area contributed by atoms with Crippen molar-refractivity contribution in [3.63, 3.8) is 0 Å². The van der Waals surface area contributed by atoms with Gasteiger partial charge < -0.3 is 10.6 Å². The maximum Gasteiger partial charge on any atom is 0.251 e. The number of aromatic nitrogens is 3. The van der Waals surface area contributed by atoms with Crippen LogP contribution in [0, 0.1) is 11.6 Å². The Balaban J connectivity index is 1.51. The highest BCUT2D eigenvalue weighted by molar-refractivity contribution is 5.95. The lowest BCUT2D eigenvalue weighted by Crippen LogP contribution is -2.49. The molecule has 4 rings (SSSR count). The van der Waals surface area contributed by atoms with Crippen molar-refractivity contribution < 1.29 is 18.0 Å². The summed E-state index contributed by atoms with van der Waals surface area (Å²) in [5.74, 6) is -0.919. The number of anilines is 1. The second kappa shape index (κ2) is 8.94. The summed E-state index contributed by atoms with van der Waals surface area (Å²) in [6.07, 6.45) is 0.810. The van der Waals surface area contributed by atoms with Crippen LogP contribution in [0.15, 0.2) is 48.7 Å². The molecule has 0 radical (unpaired) electrons. The highest BCUT2D eigenvalue weighted by Crippen LogP contribution is 2.45. The lowest BCUT2D eigenvalue weighted by atomic mass is 9.65. The van der Waals surface area contributed by atoms with E-state index in [0.717, 1.165) is 0 Å². The molecule has 0 aliphatic heterocycles. The van der Waals surface area contributed by atoms with Gasteiger partial charge >= 0.3 is 0 Å². The number of alkyl halides is 1. The van der Waals surface area contributed by atoms with E-state index in [1.54, 1.807) is 19.1 Å². The minimum Gasteiger partial charge on any atom is -0.368 e. The third kappa shape index (κ3) is 4.28. The molecule has 6 nitrogen and oxygen atoms in total. The van der Waals surface area contributed by atoms with Gasteiger partial charge in [0.05, 0.1) is 11.4 Å². The zero-order chi connectivity index (χ0) is 22.7. The van der Waals surface area contributed by atoms with Crippen LogP contribution < -0.4 is 10.6 Å². The Hall–Kier alpha value is -3.49. The number of benzene rings is 1. The average molecular weight is 441 g/mol. The summed E-state index contributed by atoms with van der Waals surface area (Å²) in [5.41, 5.74) is 0.196. The van der Waals surface area contributed by atoms with E-state index in [1.807, 2.05) is 0 Å². The first-order valence-electron chi connectivity index (χ1n) is 10.3. The van der Waals surface area contributed by atoms with Gasteiger partial charge in [0.15, 0.2) is 0 Å². The molecule has 166 valence electrons. The Bertz CT molecular complexity index is 1120. The number of nitrogens with one attached hydrogen (secondary N) is 2. The molecule has 9 heteroatoms. The highest BCUT2D eigenvalue weighted by atomic mass is 19.1. The largest absolute Gasteiger partial charge is 0.368 e. The Morgan fingerprint density at radius 3 is 2.59 bits per heavy atom. The molecule has 0 saturated heterocycles. The number of hydrogen-bond donors (Lipinski definition) is 2. The van der Waals surface area contributed by atoms with Crippen LogP contribution in [0.3, 0.4) is 0 Å². The number of pyridine rings is 1. The van der Waals surface area contributed by atoms with Gasteiger partial charge in [0.25, 0.3) is 5.91 Å². The summed E-state index contributed by atoms with van der Waals surface area (Å²) < 4.78 is 42.3. The Morgan fingerprint density at radius 1 is 1.12 bits per heavy atom. The second-order valence-corrected chi connectivity index (χ2v) is 7.83. The zero-order valence-corrected chi connectivity index (χ0v) is 17.4. The molecule has 2 heterocycles. The van der Waals surface area contributed by atoms with E-state index in [0.29, 0.717) is 17.9 Å². The highest BCUT2D eigenvalue weighted by Gasteiger charge is 2.48. The van der Waals surface area contributed by atoms with Crippen molar-refractivity contribution in [1.29, 1.82) is 0 Å². The first-order chi connectivity index (χ1) is 15.4. The molecule has 2 N–H and O–H groups in total. The molecule has 0 spiro atoms. The van der Waals surface area contributed by atoms with Crippen LogP contribution in [-0.2, 0) is 5.41 Å². The molecular weight excluding hydrogens is 419 g/mol. The van der Waals surface area contributed by atoms with Crippen LogP contribution in [0.25, 0.3) is 11.3 Å². The summed E-state index contributed by atoms with van der Waals surface area (Å²) in [7, 11) is 0. The van der Waals surface area contributed by atoms with Crippen molar-refractivity contribution in [3.05, 3.63) is 71.6 Å². The number of nitrogens with zero attached hydrogens (tertiary/aromatic N) is 3. The van der Waals surface area contributed by atoms with Crippen LogP contribution >= 0.6 is 0 Å². The quantitative estimate of drug-likeness (QED) is 0.578. The lowest BCUT2D eigenvalue weighted by molar-refractivity contribution is 0.0953. The molecule has 0 bridgehead atoms. The summed E-state index contributed by atoms with van der Waals surface area (Å²) >= 11 is 0. The van der Waals surface area contributed by atoms with Gasteiger partial charge in [-0.25, -0.2) is 13.2 Å². The Kier molecular flexibility index (Phi) is 6.07. The number of carbonyl (C=O) groups is 1. The molecule has 0 atom stereocenters. The van der Waals surface area contributed by atoms with Gasteiger partial charge in [-0.3, -0.25) is 9.78 Å². The van der Waals surface area contributed by atoms with E-state index in [2.05, 4.69) is 25.8 Å². The summed E-state index contributed by atoms with van der Waals surface area (Å²) in [6, 6.07) is 10.0. The van der Waals surface area contributed by atoms with E-state index in [4.69, 9.17) is 0 Å². The standard InChI is InChI=1S/C23H22F3N5O/c1-2-27-22(32)14-5-6-17(25)16(10-14)19-7-8-20(31-30-19)29-13-23(11-15(24)12-23)21-18(26)4-3-9-28-21/h3-10,15H,2,11-13H2,1H3,(H,27,32)(H,29,31). The zero-order valence-electron chi connectivity index (χ0n) is 17.4. The van der Waals surface area contributed by atoms with E-state index < -0.39 is 23.2 Å². The smallest absolute Gasteiger partial charge is 0.251 e. The maximum atomic E-state index is 14.3. The van der Waals surface area contributed by atoms with Crippen molar-refractivity contribution in [2.75, 3.05) is 18.4 Å². The third-order valence-electron chi connectivity index (χ3n) is 5.60. The normalized spacial score (nSPS) is 19.8.